The second-order valence-corrected chi connectivity index (χ2v) is 8.01. The summed E-state index contributed by atoms with van der Waals surface area (Å²) >= 11 is 0. The van der Waals surface area contributed by atoms with Crippen molar-refractivity contribution in [2.75, 3.05) is 13.2 Å². The van der Waals surface area contributed by atoms with E-state index in [9.17, 15) is 9.36 Å². The van der Waals surface area contributed by atoms with Crippen LogP contribution in [0.25, 0.3) is 0 Å². The zero-order valence-electron chi connectivity index (χ0n) is 15.0. The third kappa shape index (κ3) is 5.12. The first kappa shape index (κ1) is 19.6. The molecule has 0 saturated heterocycles. The van der Waals surface area contributed by atoms with E-state index in [0.29, 0.717) is 5.56 Å². The maximum atomic E-state index is 13.4. The van der Waals surface area contributed by atoms with E-state index < -0.39 is 13.3 Å². The van der Waals surface area contributed by atoms with Gasteiger partial charge in [0.25, 0.3) is 0 Å². The maximum absolute atomic E-state index is 13.4. The number of hydrogen-bond acceptors (Lipinski definition) is 4. The Morgan fingerprint density at radius 2 is 1.52 bits per heavy atom. The molecule has 0 radical (unpaired) electrons. The molecule has 0 aliphatic heterocycles. The first-order chi connectivity index (χ1) is 12.0. The van der Waals surface area contributed by atoms with Gasteiger partial charge in [0.1, 0.15) is 0 Å². The van der Waals surface area contributed by atoms with Gasteiger partial charge in [0.05, 0.1) is 18.9 Å². The fourth-order valence-electron chi connectivity index (χ4n) is 2.70. The Morgan fingerprint density at radius 3 is 2.04 bits per heavy atom. The molecule has 2 aromatic rings. The van der Waals surface area contributed by atoms with Crippen molar-refractivity contribution in [3.05, 3.63) is 71.3 Å². The van der Waals surface area contributed by atoms with Crippen LogP contribution in [0, 0.1) is 6.92 Å². The van der Waals surface area contributed by atoms with Gasteiger partial charge >= 0.3 is 7.60 Å². The highest BCUT2D eigenvalue weighted by atomic mass is 31.2. The van der Waals surface area contributed by atoms with Crippen LogP contribution in [0.4, 0.5) is 0 Å². The molecule has 5 heteroatoms. The zero-order chi connectivity index (χ0) is 18.3. The van der Waals surface area contributed by atoms with Gasteiger partial charge in [-0.05, 0) is 26.3 Å². The molecule has 4 nitrogen and oxygen atoms in total. The summed E-state index contributed by atoms with van der Waals surface area (Å²) in [6.07, 6.45) is 0.0738. The van der Waals surface area contributed by atoms with Gasteiger partial charge in [0.15, 0.2) is 5.78 Å². The largest absolute Gasteiger partial charge is 0.338 e. The monoisotopic (exact) mass is 360 g/mol. The molecule has 0 N–H and O–H groups in total. The van der Waals surface area contributed by atoms with Crippen molar-refractivity contribution >= 4 is 13.4 Å². The van der Waals surface area contributed by atoms with Gasteiger partial charge in [0, 0.05) is 12.0 Å². The van der Waals surface area contributed by atoms with Gasteiger partial charge in [-0.1, -0.05) is 60.2 Å². The lowest BCUT2D eigenvalue weighted by Gasteiger charge is -2.26. The van der Waals surface area contributed by atoms with Crippen molar-refractivity contribution in [2.24, 2.45) is 0 Å². The van der Waals surface area contributed by atoms with Crippen LogP contribution in [0.15, 0.2) is 54.6 Å². The average molecular weight is 360 g/mol. The van der Waals surface area contributed by atoms with Gasteiger partial charge in [-0.25, -0.2) is 0 Å². The van der Waals surface area contributed by atoms with Crippen LogP contribution in [0.3, 0.4) is 0 Å². The molecular weight excluding hydrogens is 335 g/mol. The summed E-state index contributed by atoms with van der Waals surface area (Å²) in [5, 5.41) is 0. The van der Waals surface area contributed by atoms with E-state index in [0.717, 1.165) is 11.1 Å². The minimum Gasteiger partial charge on any atom is -0.308 e. The molecule has 134 valence electrons. The Labute approximate surface area is 149 Å². The lowest BCUT2D eigenvalue weighted by molar-refractivity contribution is 0.0973. The van der Waals surface area contributed by atoms with Crippen LogP contribution in [0.1, 0.15) is 47.4 Å². The Morgan fingerprint density at radius 1 is 0.960 bits per heavy atom. The molecule has 0 saturated carbocycles. The minimum atomic E-state index is -3.46. The predicted octanol–water partition coefficient (Wildman–Crippen LogP) is 5.58. The molecule has 0 aromatic heterocycles. The zero-order valence-corrected chi connectivity index (χ0v) is 15.9. The van der Waals surface area contributed by atoms with E-state index >= 15 is 0 Å². The molecule has 0 heterocycles. The molecular formula is C20H25O4P. The van der Waals surface area contributed by atoms with Crippen LogP contribution in [-0.2, 0) is 13.6 Å². The number of rotatable bonds is 9. The first-order valence-corrected chi connectivity index (χ1v) is 10.1. The van der Waals surface area contributed by atoms with Gasteiger partial charge < -0.3 is 9.05 Å². The summed E-state index contributed by atoms with van der Waals surface area (Å²) < 4.78 is 24.4. The Bertz CT molecular complexity index is 715. The smallest absolute Gasteiger partial charge is 0.308 e. The van der Waals surface area contributed by atoms with Gasteiger partial charge in [-0.15, -0.1) is 0 Å². The Hall–Kier alpha value is -1.74. The molecule has 0 spiro atoms. The standard InChI is InChI=1S/C20H25O4P/c1-4-23-25(22,24-5-2)20(18-13-11-16(3)12-14-18)15-19(21)17-9-7-6-8-10-17/h6-14,20H,4-5,15H2,1-3H3/t20-/m0/s1. The van der Waals surface area contributed by atoms with E-state index in [1.165, 1.54) is 0 Å². The average Bonchev–Trinajstić information content (AvgIpc) is 2.61. The molecule has 2 rings (SSSR count). The van der Waals surface area contributed by atoms with Crippen LogP contribution >= 0.6 is 7.60 Å². The maximum Gasteiger partial charge on any atom is 0.338 e. The number of aryl methyl sites for hydroxylation is 1. The predicted molar refractivity (Wildman–Crippen MR) is 100 cm³/mol. The van der Waals surface area contributed by atoms with Crippen LogP contribution in [0.5, 0.6) is 0 Å². The number of benzene rings is 2. The van der Waals surface area contributed by atoms with Gasteiger partial charge in [0.2, 0.25) is 0 Å². The van der Waals surface area contributed by atoms with Crippen LogP contribution < -0.4 is 0 Å². The number of ketones is 1. The molecule has 0 amide bonds. The Balaban J connectivity index is 2.39. The Kier molecular flexibility index (Phi) is 7.12. The summed E-state index contributed by atoms with van der Waals surface area (Å²) in [7, 11) is -3.46. The number of carbonyl (C=O) groups excluding carboxylic acids is 1. The second kappa shape index (κ2) is 9.10. The first-order valence-electron chi connectivity index (χ1n) is 8.53. The fraction of sp³-hybridized carbons (Fsp3) is 0.350. The van der Waals surface area contributed by atoms with Crippen molar-refractivity contribution in [3.8, 4) is 0 Å². The summed E-state index contributed by atoms with van der Waals surface area (Å²) in [6, 6.07) is 16.7. The number of Topliss-reactive ketones (excluding diaryl/α,β-unsaturated/α-hetero) is 1. The van der Waals surface area contributed by atoms with Crippen molar-refractivity contribution in [1.29, 1.82) is 0 Å². The SMILES string of the molecule is CCOP(=O)(OCC)[C@@H](CC(=O)c1ccccc1)c1ccc(C)cc1. The molecule has 2 aromatic carbocycles. The summed E-state index contributed by atoms with van der Waals surface area (Å²) in [5.74, 6) is -0.0780. The highest BCUT2D eigenvalue weighted by molar-refractivity contribution is 7.54. The normalized spacial score (nSPS) is 12.8. The van der Waals surface area contributed by atoms with E-state index in [-0.39, 0.29) is 25.4 Å². The molecule has 0 bridgehead atoms. The summed E-state index contributed by atoms with van der Waals surface area (Å²) in [4.78, 5) is 12.7. The van der Waals surface area contributed by atoms with E-state index in [1.54, 1.807) is 26.0 Å². The second-order valence-electron chi connectivity index (χ2n) is 5.80. The van der Waals surface area contributed by atoms with Gasteiger partial charge in [-0.2, -0.15) is 0 Å². The molecule has 0 aliphatic rings. The molecule has 1 atom stereocenters. The summed E-state index contributed by atoms with van der Waals surface area (Å²) in [5.41, 5.74) is 1.86. The quantitative estimate of drug-likeness (QED) is 0.433. The van der Waals surface area contributed by atoms with Crippen molar-refractivity contribution in [2.45, 2.75) is 32.9 Å². The lowest BCUT2D eigenvalue weighted by Crippen LogP contribution is -2.12. The van der Waals surface area contributed by atoms with Crippen molar-refractivity contribution < 1.29 is 18.4 Å². The topological polar surface area (TPSA) is 52.6 Å². The van der Waals surface area contributed by atoms with E-state index in [1.807, 2.05) is 49.4 Å². The molecule has 0 unspecified atom stereocenters. The van der Waals surface area contributed by atoms with Crippen LogP contribution in [-0.4, -0.2) is 19.0 Å². The minimum absolute atomic E-state index is 0.0738. The van der Waals surface area contributed by atoms with E-state index in [2.05, 4.69) is 0 Å². The third-order valence-electron chi connectivity index (χ3n) is 3.94. The highest BCUT2D eigenvalue weighted by Gasteiger charge is 2.38. The molecule has 25 heavy (non-hydrogen) atoms. The summed E-state index contributed by atoms with van der Waals surface area (Å²) in [6.45, 7) is 6.06. The van der Waals surface area contributed by atoms with Crippen LogP contribution in [0.2, 0.25) is 0 Å². The van der Waals surface area contributed by atoms with Crippen molar-refractivity contribution in [1.82, 2.24) is 0 Å². The number of carbonyl (C=O) groups is 1. The van der Waals surface area contributed by atoms with E-state index in [4.69, 9.17) is 9.05 Å². The fourth-order valence-corrected chi connectivity index (χ4v) is 4.78. The highest BCUT2D eigenvalue weighted by Crippen LogP contribution is 2.62. The number of hydrogen-bond donors (Lipinski definition) is 0. The third-order valence-corrected chi connectivity index (χ3v) is 6.42. The van der Waals surface area contributed by atoms with Gasteiger partial charge in [-0.3, -0.25) is 9.36 Å². The van der Waals surface area contributed by atoms with Crippen molar-refractivity contribution in [3.63, 3.8) is 0 Å². The molecule has 0 fully saturated rings. The molecule has 0 aliphatic carbocycles. The lowest BCUT2D eigenvalue weighted by atomic mass is 10.0.